The van der Waals surface area contributed by atoms with Crippen LogP contribution >= 0.6 is 0 Å². The molecule has 0 saturated carbocycles. The van der Waals surface area contributed by atoms with E-state index in [2.05, 4.69) is 0 Å². The van der Waals surface area contributed by atoms with Crippen molar-refractivity contribution in [2.45, 2.75) is 50.6 Å². The summed E-state index contributed by atoms with van der Waals surface area (Å²) in [4.78, 5) is 11.9. The zero-order valence-electron chi connectivity index (χ0n) is 13.1. The summed E-state index contributed by atoms with van der Waals surface area (Å²) in [6, 6.07) is 0. The van der Waals surface area contributed by atoms with E-state index in [-0.39, 0.29) is 11.5 Å². The first kappa shape index (κ1) is 15.7. The highest BCUT2D eigenvalue weighted by atomic mass is 16.7. The van der Waals surface area contributed by atoms with E-state index < -0.39 is 30.1 Å². The van der Waals surface area contributed by atoms with Crippen LogP contribution in [-0.2, 0) is 19.0 Å². The lowest BCUT2D eigenvalue weighted by atomic mass is 9.86. The molecule has 6 nitrogen and oxygen atoms in total. The van der Waals surface area contributed by atoms with Crippen molar-refractivity contribution in [2.24, 2.45) is 5.92 Å². The van der Waals surface area contributed by atoms with Crippen molar-refractivity contribution in [3.8, 4) is 0 Å². The number of carbonyl (C=O) groups excluding carboxylic acids is 1. The SMILES string of the molecule is COC12CCC(C)(C=C3OC(=O)C(CO)=C3C(O)CC1C)O2. The van der Waals surface area contributed by atoms with E-state index in [1.165, 1.54) is 0 Å². The van der Waals surface area contributed by atoms with E-state index in [1.807, 2.05) is 13.8 Å². The molecule has 6 heteroatoms. The molecule has 2 bridgehead atoms. The summed E-state index contributed by atoms with van der Waals surface area (Å²) >= 11 is 0. The molecule has 22 heavy (non-hydrogen) atoms. The Morgan fingerprint density at radius 3 is 2.82 bits per heavy atom. The summed E-state index contributed by atoms with van der Waals surface area (Å²) in [7, 11) is 1.61. The van der Waals surface area contributed by atoms with Gasteiger partial charge in [-0.3, -0.25) is 0 Å². The van der Waals surface area contributed by atoms with Gasteiger partial charge in [0.2, 0.25) is 0 Å². The van der Waals surface area contributed by atoms with Crippen LogP contribution in [0.4, 0.5) is 0 Å². The maximum Gasteiger partial charge on any atom is 0.342 e. The summed E-state index contributed by atoms with van der Waals surface area (Å²) in [6.07, 6.45) is 2.61. The first-order valence-electron chi connectivity index (χ1n) is 7.57. The van der Waals surface area contributed by atoms with Gasteiger partial charge in [-0.25, -0.2) is 4.79 Å². The number of rotatable bonds is 2. The van der Waals surface area contributed by atoms with Gasteiger partial charge < -0.3 is 24.4 Å². The van der Waals surface area contributed by atoms with Crippen molar-refractivity contribution >= 4 is 5.97 Å². The number of hydrogen-bond donors (Lipinski definition) is 2. The molecule has 3 aliphatic heterocycles. The monoisotopic (exact) mass is 310 g/mol. The number of hydrogen-bond acceptors (Lipinski definition) is 6. The van der Waals surface area contributed by atoms with Crippen LogP contribution in [0.3, 0.4) is 0 Å². The van der Waals surface area contributed by atoms with Crippen molar-refractivity contribution in [1.82, 2.24) is 0 Å². The van der Waals surface area contributed by atoms with Crippen LogP contribution in [0.25, 0.3) is 0 Å². The van der Waals surface area contributed by atoms with Gasteiger partial charge in [-0.1, -0.05) is 6.92 Å². The second-order valence-electron chi connectivity index (χ2n) is 6.53. The summed E-state index contributed by atoms with van der Waals surface area (Å²) in [5, 5.41) is 20.0. The minimum atomic E-state index is -0.909. The predicted molar refractivity (Wildman–Crippen MR) is 76.5 cm³/mol. The van der Waals surface area contributed by atoms with Crippen LogP contribution in [0.15, 0.2) is 23.0 Å². The Morgan fingerprint density at radius 2 is 2.18 bits per heavy atom. The molecule has 2 N–H and O–H groups in total. The summed E-state index contributed by atoms with van der Waals surface area (Å²) in [6.45, 7) is 3.41. The molecule has 0 aromatic rings. The first-order valence-corrected chi connectivity index (χ1v) is 7.57. The van der Waals surface area contributed by atoms with Crippen LogP contribution in [0.2, 0.25) is 0 Å². The highest BCUT2D eigenvalue weighted by Crippen LogP contribution is 2.48. The maximum absolute atomic E-state index is 11.9. The van der Waals surface area contributed by atoms with Crippen molar-refractivity contribution in [3.05, 3.63) is 23.0 Å². The Kier molecular flexibility index (Phi) is 3.68. The molecule has 0 aliphatic carbocycles. The molecule has 3 rings (SSSR count). The van der Waals surface area contributed by atoms with Crippen molar-refractivity contribution in [3.63, 3.8) is 0 Å². The van der Waals surface area contributed by atoms with Crippen LogP contribution in [0, 0.1) is 5.92 Å². The van der Waals surface area contributed by atoms with Gasteiger partial charge in [-0.15, -0.1) is 0 Å². The molecule has 0 aromatic carbocycles. The first-order chi connectivity index (χ1) is 10.3. The molecule has 1 fully saturated rings. The van der Waals surface area contributed by atoms with E-state index in [4.69, 9.17) is 14.2 Å². The van der Waals surface area contributed by atoms with E-state index in [0.29, 0.717) is 24.2 Å². The molecule has 3 heterocycles. The second-order valence-corrected chi connectivity index (χ2v) is 6.53. The molecular formula is C16H22O6. The van der Waals surface area contributed by atoms with E-state index in [0.717, 1.165) is 6.42 Å². The van der Waals surface area contributed by atoms with Crippen molar-refractivity contribution < 1.29 is 29.2 Å². The van der Waals surface area contributed by atoms with Gasteiger partial charge in [0.05, 0.1) is 23.9 Å². The van der Waals surface area contributed by atoms with E-state index in [1.54, 1.807) is 13.2 Å². The number of fused-ring (bicyclic) bond motifs is 3. The Bertz CT molecular complexity index is 565. The lowest BCUT2D eigenvalue weighted by Gasteiger charge is -2.36. The van der Waals surface area contributed by atoms with Crippen LogP contribution < -0.4 is 0 Å². The largest absolute Gasteiger partial charge is 0.423 e. The van der Waals surface area contributed by atoms with Gasteiger partial charge in [-0.05, 0) is 25.8 Å². The van der Waals surface area contributed by atoms with Gasteiger partial charge in [0.1, 0.15) is 5.76 Å². The van der Waals surface area contributed by atoms with Crippen LogP contribution in [0.1, 0.15) is 33.1 Å². The lowest BCUT2D eigenvalue weighted by Crippen LogP contribution is -2.41. The molecule has 4 unspecified atom stereocenters. The van der Waals surface area contributed by atoms with Gasteiger partial charge >= 0.3 is 5.97 Å². The van der Waals surface area contributed by atoms with Gasteiger partial charge in [0.25, 0.3) is 0 Å². The fourth-order valence-corrected chi connectivity index (χ4v) is 3.72. The van der Waals surface area contributed by atoms with Gasteiger partial charge in [-0.2, -0.15) is 0 Å². The zero-order chi connectivity index (χ0) is 16.1. The highest BCUT2D eigenvalue weighted by Gasteiger charge is 2.52. The molecule has 122 valence electrons. The predicted octanol–water partition coefficient (Wildman–Crippen LogP) is 1.03. The van der Waals surface area contributed by atoms with Gasteiger partial charge in [0, 0.05) is 25.0 Å². The number of methoxy groups -OCH3 is 1. The molecular weight excluding hydrogens is 288 g/mol. The molecule has 1 saturated heterocycles. The van der Waals surface area contributed by atoms with Crippen LogP contribution in [0.5, 0.6) is 0 Å². The smallest absolute Gasteiger partial charge is 0.342 e. The molecule has 0 amide bonds. The normalized spacial score (nSPS) is 41.5. The fraction of sp³-hybridized carbons (Fsp3) is 0.688. The lowest BCUT2D eigenvalue weighted by molar-refractivity contribution is -0.254. The summed E-state index contributed by atoms with van der Waals surface area (Å²) in [5.41, 5.74) is -0.137. The second kappa shape index (κ2) is 5.16. The van der Waals surface area contributed by atoms with Crippen molar-refractivity contribution in [1.29, 1.82) is 0 Å². The van der Waals surface area contributed by atoms with Gasteiger partial charge in [0.15, 0.2) is 5.79 Å². The Morgan fingerprint density at radius 1 is 1.45 bits per heavy atom. The zero-order valence-corrected chi connectivity index (χ0v) is 13.1. The number of carbonyl (C=O) groups is 1. The van der Waals surface area contributed by atoms with E-state index in [9.17, 15) is 15.0 Å². The topological polar surface area (TPSA) is 85.2 Å². The maximum atomic E-state index is 11.9. The number of aliphatic hydroxyl groups is 2. The Hall–Kier alpha value is -1.21. The molecule has 0 aromatic heterocycles. The fourth-order valence-electron chi connectivity index (χ4n) is 3.72. The molecule has 4 atom stereocenters. The van der Waals surface area contributed by atoms with Crippen LogP contribution in [-0.4, -0.2) is 47.4 Å². The Balaban J connectivity index is 2.12. The average molecular weight is 310 g/mol. The number of esters is 1. The third-order valence-corrected chi connectivity index (χ3v) is 5.02. The molecule has 0 radical (unpaired) electrons. The highest BCUT2D eigenvalue weighted by molar-refractivity contribution is 5.95. The third kappa shape index (κ3) is 2.22. The minimum absolute atomic E-state index is 0.0785. The number of aliphatic hydroxyl groups excluding tert-OH is 2. The van der Waals surface area contributed by atoms with E-state index >= 15 is 0 Å². The number of ether oxygens (including phenoxy) is 3. The summed E-state index contributed by atoms with van der Waals surface area (Å²) in [5.74, 6) is -1.14. The summed E-state index contributed by atoms with van der Waals surface area (Å²) < 4.78 is 17.1. The third-order valence-electron chi connectivity index (χ3n) is 5.02. The minimum Gasteiger partial charge on any atom is -0.423 e. The Labute approximate surface area is 129 Å². The molecule has 3 aliphatic rings. The van der Waals surface area contributed by atoms with Crippen molar-refractivity contribution in [2.75, 3.05) is 13.7 Å². The quantitative estimate of drug-likeness (QED) is 0.741. The standard InChI is InChI=1S/C16H22O6/c1-9-6-11(18)13-10(8-17)14(19)21-12(13)7-15(2)4-5-16(9,20-3)22-15/h7,9,11,17-18H,4-6,8H2,1-3H3. The molecule has 0 spiro atoms. The average Bonchev–Trinajstić information content (AvgIpc) is 2.96.